The molecule has 0 atom stereocenters. The van der Waals surface area contributed by atoms with Crippen molar-refractivity contribution < 1.29 is 27.9 Å². The normalized spacial score (nSPS) is 14.6. The van der Waals surface area contributed by atoms with Gasteiger partial charge < -0.3 is 25.8 Å². The first-order chi connectivity index (χ1) is 16.0. The van der Waals surface area contributed by atoms with Crippen LogP contribution in [0.2, 0.25) is 10.0 Å². The first kappa shape index (κ1) is 25.9. The van der Waals surface area contributed by atoms with Gasteiger partial charge in [-0.15, -0.1) is 0 Å². The average Bonchev–Trinajstić information content (AvgIpc) is 2.79. The van der Waals surface area contributed by atoms with Crippen LogP contribution in [0.5, 0.6) is 5.75 Å². The zero-order chi connectivity index (χ0) is 25.0. The number of carboxylic acid groups (broad SMARTS) is 1. The van der Waals surface area contributed by atoms with Gasteiger partial charge in [0.2, 0.25) is 0 Å². The fraction of sp³-hybridized carbons (Fsp3) is 0.364. The van der Waals surface area contributed by atoms with Gasteiger partial charge in [0.1, 0.15) is 11.9 Å². The highest BCUT2D eigenvalue weighted by Crippen LogP contribution is 2.32. The lowest BCUT2D eigenvalue weighted by Crippen LogP contribution is -2.41. The van der Waals surface area contributed by atoms with Crippen molar-refractivity contribution in [1.29, 1.82) is 0 Å². The second-order valence-electron chi connectivity index (χ2n) is 7.79. The summed E-state index contributed by atoms with van der Waals surface area (Å²) >= 11 is 12.3. The van der Waals surface area contributed by atoms with Crippen LogP contribution in [0.4, 0.5) is 10.5 Å². The molecule has 2 amide bonds. The number of nitrogens with two attached hydrogens (primary N) is 1. The van der Waals surface area contributed by atoms with Crippen LogP contribution in [-0.4, -0.2) is 55.4 Å². The molecule has 0 saturated carbocycles. The molecule has 1 aliphatic heterocycles. The molecular weight excluding hydrogens is 505 g/mol. The second kappa shape index (κ2) is 10.7. The van der Waals surface area contributed by atoms with Crippen molar-refractivity contribution in [3.63, 3.8) is 0 Å². The molecule has 0 aliphatic carbocycles. The SMILES string of the molecule is CCS(=O)(=O)c1ccc(Cl)cc1CNC(=O)c1cc(Cl)c(OC2CCN(C(=O)O)CC2)cc1N. The molecule has 2 aromatic carbocycles. The molecule has 1 saturated heterocycles. The first-order valence-corrected chi connectivity index (χ1v) is 13.0. The van der Waals surface area contributed by atoms with Gasteiger partial charge in [0.05, 0.1) is 21.2 Å². The Hall–Kier alpha value is -2.69. The van der Waals surface area contributed by atoms with Crippen molar-refractivity contribution in [1.82, 2.24) is 10.2 Å². The first-order valence-electron chi connectivity index (χ1n) is 10.5. The van der Waals surface area contributed by atoms with Crippen molar-refractivity contribution in [2.75, 3.05) is 24.6 Å². The molecule has 9 nitrogen and oxygen atoms in total. The van der Waals surface area contributed by atoms with E-state index in [9.17, 15) is 18.0 Å². The Bertz CT molecular complexity index is 1200. The largest absolute Gasteiger partial charge is 0.489 e. The summed E-state index contributed by atoms with van der Waals surface area (Å²) in [5.74, 6) is -0.328. The van der Waals surface area contributed by atoms with E-state index in [0.717, 1.165) is 0 Å². The van der Waals surface area contributed by atoms with Crippen molar-refractivity contribution in [2.24, 2.45) is 0 Å². The zero-order valence-electron chi connectivity index (χ0n) is 18.4. The highest BCUT2D eigenvalue weighted by molar-refractivity contribution is 7.91. The van der Waals surface area contributed by atoms with Gasteiger partial charge in [-0.25, -0.2) is 13.2 Å². The zero-order valence-corrected chi connectivity index (χ0v) is 20.7. The predicted molar refractivity (Wildman–Crippen MR) is 129 cm³/mol. The van der Waals surface area contributed by atoms with E-state index in [2.05, 4.69) is 5.32 Å². The van der Waals surface area contributed by atoms with Crippen LogP contribution < -0.4 is 15.8 Å². The average molecular weight is 530 g/mol. The molecule has 12 heteroatoms. The number of carbonyl (C=O) groups excluding carboxylic acids is 1. The fourth-order valence-electron chi connectivity index (χ4n) is 3.62. The fourth-order valence-corrected chi connectivity index (χ4v) is 5.14. The number of nitrogens with one attached hydrogen (secondary N) is 1. The number of halogens is 2. The quantitative estimate of drug-likeness (QED) is 0.463. The molecule has 4 N–H and O–H groups in total. The van der Waals surface area contributed by atoms with Crippen molar-refractivity contribution in [3.8, 4) is 5.75 Å². The topological polar surface area (TPSA) is 139 Å². The number of piperidine rings is 1. The molecule has 1 heterocycles. The number of nitrogen functional groups attached to an aromatic ring is 1. The van der Waals surface area contributed by atoms with Crippen LogP contribution in [0.15, 0.2) is 35.2 Å². The minimum Gasteiger partial charge on any atom is -0.489 e. The number of rotatable bonds is 7. The molecular formula is C22H25Cl2N3O6S. The van der Waals surface area contributed by atoms with Gasteiger partial charge in [-0.2, -0.15) is 0 Å². The van der Waals surface area contributed by atoms with Crippen LogP contribution in [0.3, 0.4) is 0 Å². The maximum Gasteiger partial charge on any atom is 0.407 e. The Labute approximate surface area is 207 Å². The Morgan fingerprint density at radius 2 is 1.88 bits per heavy atom. The van der Waals surface area contributed by atoms with E-state index in [1.165, 1.54) is 42.2 Å². The van der Waals surface area contributed by atoms with Gasteiger partial charge in [-0.05, 0) is 29.8 Å². The highest BCUT2D eigenvalue weighted by atomic mass is 35.5. The molecule has 0 radical (unpaired) electrons. The van der Waals surface area contributed by atoms with E-state index < -0.39 is 21.8 Å². The maximum absolute atomic E-state index is 12.8. The van der Waals surface area contributed by atoms with Gasteiger partial charge >= 0.3 is 6.09 Å². The van der Waals surface area contributed by atoms with Crippen molar-refractivity contribution in [2.45, 2.75) is 37.3 Å². The van der Waals surface area contributed by atoms with Crippen LogP contribution in [0.1, 0.15) is 35.7 Å². The van der Waals surface area contributed by atoms with Gasteiger partial charge in [0, 0.05) is 49.3 Å². The van der Waals surface area contributed by atoms with E-state index in [1.54, 1.807) is 0 Å². The molecule has 1 aliphatic rings. The lowest BCUT2D eigenvalue weighted by molar-refractivity contribution is 0.0895. The number of anilines is 1. The molecule has 0 unspecified atom stereocenters. The van der Waals surface area contributed by atoms with Crippen molar-refractivity contribution in [3.05, 3.63) is 51.5 Å². The number of amides is 2. The van der Waals surface area contributed by atoms with Crippen LogP contribution in [-0.2, 0) is 16.4 Å². The van der Waals surface area contributed by atoms with Gasteiger partial charge in [0.25, 0.3) is 5.91 Å². The number of hydrogen-bond donors (Lipinski definition) is 3. The summed E-state index contributed by atoms with van der Waals surface area (Å²) in [6.45, 7) is 2.17. The molecule has 3 rings (SSSR count). The molecule has 2 aromatic rings. The van der Waals surface area contributed by atoms with Crippen LogP contribution >= 0.6 is 23.2 Å². The van der Waals surface area contributed by atoms with E-state index >= 15 is 0 Å². The minimum atomic E-state index is -3.51. The Kier molecular flexibility index (Phi) is 8.17. The van der Waals surface area contributed by atoms with E-state index in [0.29, 0.717) is 42.3 Å². The number of hydrogen-bond acceptors (Lipinski definition) is 6. The number of benzene rings is 2. The lowest BCUT2D eigenvalue weighted by atomic mass is 10.1. The molecule has 0 bridgehead atoms. The number of ether oxygens (including phenoxy) is 1. The maximum atomic E-state index is 12.8. The summed E-state index contributed by atoms with van der Waals surface area (Å²) < 4.78 is 30.6. The number of carbonyl (C=O) groups is 2. The molecule has 0 spiro atoms. The third-order valence-electron chi connectivity index (χ3n) is 5.53. The van der Waals surface area contributed by atoms with Crippen LogP contribution in [0.25, 0.3) is 0 Å². The van der Waals surface area contributed by atoms with E-state index in [4.69, 9.17) is 38.8 Å². The molecule has 1 fully saturated rings. The minimum absolute atomic E-state index is 0.0780. The second-order valence-corrected chi connectivity index (χ2v) is 10.9. The summed E-state index contributed by atoms with van der Waals surface area (Å²) in [5.41, 5.74) is 6.67. The molecule has 0 aromatic heterocycles. The summed E-state index contributed by atoms with van der Waals surface area (Å²) in [5, 5.41) is 12.2. The lowest BCUT2D eigenvalue weighted by Gasteiger charge is -2.30. The molecule has 184 valence electrons. The third kappa shape index (κ3) is 6.05. The van der Waals surface area contributed by atoms with Gasteiger partial charge in [-0.3, -0.25) is 4.79 Å². The Morgan fingerprint density at radius 3 is 2.50 bits per heavy atom. The van der Waals surface area contributed by atoms with Gasteiger partial charge in [-0.1, -0.05) is 30.1 Å². The summed E-state index contributed by atoms with van der Waals surface area (Å²) in [7, 11) is -3.51. The van der Waals surface area contributed by atoms with Crippen molar-refractivity contribution >= 4 is 50.7 Å². The summed E-state index contributed by atoms with van der Waals surface area (Å²) in [6, 6.07) is 7.23. The monoisotopic (exact) mass is 529 g/mol. The Balaban J connectivity index is 1.71. The molecule has 34 heavy (non-hydrogen) atoms. The smallest absolute Gasteiger partial charge is 0.407 e. The summed E-state index contributed by atoms with van der Waals surface area (Å²) in [4.78, 5) is 25.2. The number of likely N-dealkylation sites (tertiary alicyclic amines) is 1. The van der Waals surface area contributed by atoms with E-state index in [-0.39, 0.29) is 39.6 Å². The summed E-state index contributed by atoms with van der Waals surface area (Å²) in [6.07, 6.45) is -0.178. The number of nitrogens with zero attached hydrogens (tertiary/aromatic N) is 1. The standard InChI is InChI=1S/C22H25Cl2N3O6S/c1-2-34(31,32)20-4-3-14(23)9-13(20)12-26-21(28)16-10-17(24)19(11-18(16)25)33-15-5-7-27(8-6-15)22(29)30/h3-4,9-11,15H,2,5-8,12,25H2,1H3,(H,26,28)(H,29,30). The predicted octanol–water partition coefficient (Wildman–Crippen LogP) is 3.82. The Morgan fingerprint density at radius 1 is 1.21 bits per heavy atom. The van der Waals surface area contributed by atoms with Crippen LogP contribution in [0, 0.1) is 0 Å². The number of sulfone groups is 1. The van der Waals surface area contributed by atoms with E-state index in [1.807, 2.05) is 0 Å². The highest BCUT2D eigenvalue weighted by Gasteiger charge is 2.25. The van der Waals surface area contributed by atoms with Gasteiger partial charge in [0.15, 0.2) is 9.84 Å². The third-order valence-corrected chi connectivity index (χ3v) is 7.89.